The zero-order valence-electron chi connectivity index (χ0n) is 9.29. The Morgan fingerprint density at radius 1 is 1.06 bits per heavy atom. The van der Waals surface area contributed by atoms with Crippen LogP contribution in [0.3, 0.4) is 0 Å². The molecule has 0 aliphatic heterocycles. The minimum atomic E-state index is 0.0143. The molecule has 0 atom stereocenters. The van der Waals surface area contributed by atoms with Crippen molar-refractivity contribution in [2.24, 2.45) is 0 Å². The number of carbonyl (C=O) groups is 1. The molecular formula is C14H9BrCl2O. The largest absolute Gasteiger partial charge is 0.294 e. The quantitative estimate of drug-likeness (QED) is 0.701. The molecule has 0 radical (unpaired) electrons. The molecule has 18 heavy (non-hydrogen) atoms. The predicted molar refractivity (Wildman–Crippen MR) is 78.6 cm³/mol. The summed E-state index contributed by atoms with van der Waals surface area (Å²) in [4.78, 5) is 12.1. The lowest BCUT2D eigenvalue weighted by Gasteiger charge is -2.05. The van der Waals surface area contributed by atoms with E-state index in [0.29, 0.717) is 22.0 Å². The maximum atomic E-state index is 12.1. The van der Waals surface area contributed by atoms with Gasteiger partial charge in [-0.3, -0.25) is 4.79 Å². The monoisotopic (exact) mass is 342 g/mol. The van der Waals surface area contributed by atoms with E-state index in [1.54, 1.807) is 18.2 Å². The van der Waals surface area contributed by atoms with Crippen molar-refractivity contribution in [2.75, 3.05) is 0 Å². The molecule has 0 unspecified atom stereocenters. The number of rotatable bonds is 3. The molecule has 1 nitrogen and oxygen atoms in total. The van der Waals surface area contributed by atoms with E-state index in [1.165, 1.54) is 0 Å². The van der Waals surface area contributed by atoms with E-state index in [0.717, 1.165) is 10.0 Å². The van der Waals surface area contributed by atoms with E-state index in [2.05, 4.69) is 15.9 Å². The standard InChI is InChI=1S/C14H9BrCl2O/c15-11-4-2-1-3-9(11)8-14(18)10-5-6-12(16)13(17)7-10/h1-7H,8H2. The predicted octanol–water partition coefficient (Wildman–Crippen LogP) is 5.18. The van der Waals surface area contributed by atoms with Crippen molar-refractivity contribution in [1.29, 1.82) is 0 Å². The first-order chi connectivity index (χ1) is 8.58. The summed E-state index contributed by atoms with van der Waals surface area (Å²) in [6.45, 7) is 0. The number of hydrogen-bond donors (Lipinski definition) is 0. The van der Waals surface area contributed by atoms with Gasteiger partial charge in [0.15, 0.2) is 5.78 Å². The summed E-state index contributed by atoms with van der Waals surface area (Å²) in [6.07, 6.45) is 0.333. The van der Waals surface area contributed by atoms with Gasteiger partial charge in [-0.25, -0.2) is 0 Å². The Morgan fingerprint density at radius 2 is 1.78 bits per heavy atom. The number of hydrogen-bond acceptors (Lipinski definition) is 1. The van der Waals surface area contributed by atoms with E-state index >= 15 is 0 Å². The number of carbonyl (C=O) groups excluding carboxylic acids is 1. The van der Waals surface area contributed by atoms with Crippen molar-refractivity contribution in [3.05, 3.63) is 68.1 Å². The van der Waals surface area contributed by atoms with Gasteiger partial charge in [0.05, 0.1) is 10.0 Å². The zero-order chi connectivity index (χ0) is 13.1. The molecule has 0 saturated carbocycles. The fraction of sp³-hybridized carbons (Fsp3) is 0.0714. The van der Waals surface area contributed by atoms with Gasteiger partial charge < -0.3 is 0 Å². The molecule has 0 spiro atoms. The molecule has 0 saturated heterocycles. The number of ketones is 1. The second kappa shape index (κ2) is 5.87. The first-order valence-electron chi connectivity index (χ1n) is 5.29. The molecule has 0 fully saturated rings. The Kier molecular flexibility index (Phi) is 4.44. The minimum absolute atomic E-state index is 0.0143. The molecule has 0 aromatic heterocycles. The van der Waals surface area contributed by atoms with Gasteiger partial charge in [0.25, 0.3) is 0 Å². The molecule has 2 aromatic carbocycles. The second-order valence-corrected chi connectivity index (χ2v) is 5.49. The fourth-order valence-corrected chi connectivity index (χ4v) is 2.31. The third-order valence-electron chi connectivity index (χ3n) is 2.55. The maximum Gasteiger partial charge on any atom is 0.167 e. The van der Waals surface area contributed by atoms with Crippen molar-refractivity contribution in [3.63, 3.8) is 0 Å². The topological polar surface area (TPSA) is 17.1 Å². The smallest absolute Gasteiger partial charge is 0.167 e. The van der Waals surface area contributed by atoms with Gasteiger partial charge in [0.1, 0.15) is 0 Å². The van der Waals surface area contributed by atoms with E-state index in [4.69, 9.17) is 23.2 Å². The molecule has 0 N–H and O–H groups in total. The van der Waals surface area contributed by atoms with Crippen molar-refractivity contribution >= 4 is 44.9 Å². The third kappa shape index (κ3) is 3.14. The Morgan fingerprint density at radius 3 is 2.44 bits per heavy atom. The van der Waals surface area contributed by atoms with E-state index < -0.39 is 0 Å². The highest BCUT2D eigenvalue weighted by Crippen LogP contribution is 2.24. The van der Waals surface area contributed by atoms with Crippen LogP contribution in [0.15, 0.2) is 46.9 Å². The molecule has 0 amide bonds. The molecule has 4 heteroatoms. The maximum absolute atomic E-state index is 12.1. The van der Waals surface area contributed by atoms with Crippen LogP contribution >= 0.6 is 39.1 Å². The molecular weight excluding hydrogens is 335 g/mol. The van der Waals surface area contributed by atoms with Gasteiger partial charge in [0, 0.05) is 16.5 Å². The van der Waals surface area contributed by atoms with Gasteiger partial charge in [-0.2, -0.15) is 0 Å². The Bertz CT molecular complexity index is 596. The SMILES string of the molecule is O=C(Cc1ccccc1Br)c1ccc(Cl)c(Cl)c1. The summed E-state index contributed by atoms with van der Waals surface area (Å²) in [6, 6.07) is 12.6. The normalized spacial score (nSPS) is 10.4. The van der Waals surface area contributed by atoms with Gasteiger partial charge in [0.2, 0.25) is 0 Å². The summed E-state index contributed by atoms with van der Waals surface area (Å²) in [5, 5.41) is 0.851. The molecule has 0 aliphatic rings. The van der Waals surface area contributed by atoms with Crippen molar-refractivity contribution in [2.45, 2.75) is 6.42 Å². The fourth-order valence-electron chi connectivity index (χ4n) is 1.59. The highest BCUT2D eigenvalue weighted by atomic mass is 79.9. The Labute approximate surface area is 124 Å². The first-order valence-corrected chi connectivity index (χ1v) is 6.84. The van der Waals surface area contributed by atoms with Gasteiger partial charge >= 0.3 is 0 Å². The van der Waals surface area contributed by atoms with Crippen LogP contribution < -0.4 is 0 Å². The van der Waals surface area contributed by atoms with Gasteiger partial charge in [-0.05, 0) is 29.8 Å². The summed E-state index contributed by atoms with van der Waals surface area (Å²) in [7, 11) is 0. The van der Waals surface area contributed by atoms with Gasteiger partial charge in [-0.15, -0.1) is 0 Å². The third-order valence-corrected chi connectivity index (χ3v) is 4.06. The van der Waals surface area contributed by atoms with Crippen LogP contribution in [0.25, 0.3) is 0 Å². The summed E-state index contributed by atoms with van der Waals surface area (Å²) < 4.78 is 0.929. The minimum Gasteiger partial charge on any atom is -0.294 e. The molecule has 0 aliphatic carbocycles. The van der Waals surface area contributed by atoms with Crippen LogP contribution in [-0.4, -0.2) is 5.78 Å². The van der Waals surface area contributed by atoms with Crippen molar-refractivity contribution in [1.82, 2.24) is 0 Å². The second-order valence-electron chi connectivity index (χ2n) is 3.82. The molecule has 92 valence electrons. The lowest BCUT2D eigenvalue weighted by atomic mass is 10.0. The van der Waals surface area contributed by atoms with E-state index in [1.807, 2.05) is 24.3 Å². The Hall–Kier alpha value is -0.830. The molecule has 2 rings (SSSR count). The van der Waals surface area contributed by atoms with Crippen LogP contribution in [0.1, 0.15) is 15.9 Å². The summed E-state index contributed by atoms with van der Waals surface area (Å²) >= 11 is 15.1. The van der Waals surface area contributed by atoms with Crippen LogP contribution in [0.5, 0.6) is 0 Å². The number of benzene rings is 2. The van der Waals surface area contributed by atoms with Crippen LogP contribution in [0.2, 0.25) is 10.0 Å². The van der Waals surface area contributed by atoms with Crippen LogP contribution in [-0.2, 0) is 6.42 Å². The summed E-state index contributed by atoms with van der Waals surface area (Å²) in [5.74, 6) is 0.0143. The highest BCUT2D eigenvalue weighted by molar-refractivity contribution is 9.10. The lowest BCUT2D eigenvalue weighted by Crippen LogP contribution is -2.04. The Balaban J connectivity index is 2.22. The molecule has 0 heterocycles. The van der Waals surface area contributed by atoms with E-state index in [-0.39, 0.29) is 5.78 Å². The number of halogens is 3. The van der Waals surface area contributed by atoms with Crippen molar-refractivity contribution in [3.8, 4) is 0 Å². The first kappa shape index (κ1) is 13.6. The lowest BCUT2D eigenvalue weighted by molar-refractivity contribution is 0.0993. The zero-order valence-corrected chi connectivity index (χ0v) is 12.4. The van der Waals surface area contributed by atoms with Crippen LogP contribution in [0.4, 0.5) is 0 Å². The van der Waals surface area contributed by atoms with Crippen LogP contribution in [0, 0.1) is 0 Å². The van der Waals surface area contributed by atoms with E-state index in [9.17, 15) is 4.79 Å². The average Bonchev–Trinajstić information content (AvgIpc) is 2.35. The summed E-state index contributed by atoms with van der Waals surface area (Å²) in [5.41, 5.74) is 1.52. The van der Waals surface area contributed by atoms with Crippen molar-refractivity contribution < 1.29 is 4.79 Å². The highest BCUT2D eigenvalue weighted by Gasteiger charge is 2.10. The molecule has 0 bridgehead atoms. The number of Topliss-reactive ketones (excluding diaryl/α,β-unsaturated/α-hetero) is 1. The van der Waals surface area contributed by atoms with Gasteiger partial charge in [-0.1, -0.05) is 57.3 Å². The average molecular weight is 344 g/mol. The molecule has 2 aromatic rings.